The first-order valence-corrected chi connectivity index (χ1v) is 4.86. The van der Waals surface area contributed by atoms with Crippen LogP contribution in [0.2, 0.25) is 0 Å². The molecule has 0 aromatic heterocycles. The van der Waals surface area contributed by atoms with Crippen LogP contribution in [0.1, 0.15) is 24.5 Å². The molecule has 1 aromatic carbocycles. The van der Waals surface area contributed by atoms with E-state index in [9.17, 15) is 14.7 Å². The molecule has 2 N–H and O–H groups in total. The van der Waals surface area contributed by atoms with Crippen molar-refractivity contribution in [2.45, 2.75) is 18.8 Å². The summed E-state index contributed by atoms with van der Waals surface area (Å²) in [6.07, 6.45) is -0.568. The molecule has 17 heavy (non-hydrogen) atoms. The summed E-state index contributed by atoms with van der Waals surface area (Å²) in [7, 11) is 0. The molecular weight excluding hydrogens is 222 g/mol. The Morgan fingerprint density at radius 2 is 1.94 bits per heavy atom. The van der Waals surface area contributed by atoms with Crippen LogP contribution in [0.4, 0.5) is 0 Å². The molecule has 0 aliphatic heterocycles. The zero-order valence-corrected chi connectivity index (χ0v) is 9.17. The van der Waals surface area contributed by atoms with Crippen molar-refractivity contribution in [2.75, 3.05) is 0 Å². The third-order valence-electron chi connectivity index (χ3n) is 2.62. The van der Waals surface area contributed by atoms with E-state index in [-0.39, 0.29) is 11.1 Å². The van der Waals surface area contributed by atoms with E-state index in [1.54, 1.807) is 12.1 Å². The second-order valence-corrected chi connectivity index (χ2v) is 3.87. The summed E-state index contributed by atoms with van der Waals surface area (Å²) >= 11 is 0. The average molecular weight is 233 g/mol. The van der Waals surface area contributed by atoms with Crippen molar-refractivity contribution >= 4 is 11.9 Å². The number of hydrogen-bond donors (Lipinski definition) is 2. The number of nitrogens with zero attached hydrogens (tertiary/aromatic N) is 1. The van der Waals surface area contributed by atoms with Crippen LogP contribution in [0, 0.1) is 11.3 Å². The van der Waals surface area contributed by atoms with Gasteiger partial charge in [-0.3, -0.25) is 9.59 Å². The highest BCUT2D eigenvalue weighted by Gasteiger charge is 2.39. The lowest BCUT2D eigenvalue weighted by atomic mass is 9.77. The first-order valence-electron chi connectivity index (χ1n) is 4.86. The Balaban J connectivity index is 3.38. The Kier molecular flexibility index (Phi) is 3.49. The maximum Gasteiger partial charge on any atom is 0.314 e. The predicted octanol–water partition coefficient (Wildman–Crippen LogP) is 1.38. The highest BCUT2D eigenvalue weighted by atomic mass is 16.4. The third kappa shape index (κ3) is 2.42. The van der Waals surface area contributed by atoms with Crippen LogP contribution in [0.5, 0.6) is 0 Å². The van der Waals surface area contributed by atoms with Gasteiger partial charge in [0.25, 0.3) is 0 Å². The molecule has 0 saturated heterocycles. The normalized spacial score (nSPS) is 13.4. The van der Waals surface area contributed by atoms with Crippen molar-refractivity contribution in [1.29, 1.82) is 5.26 Å². The van der Waals surface area contributed by atoms with Gasteiger partial charge in [0.1, 0.15) is 5.41 Å². The first-order chi connectivity index (χ1) is 7.91. The fourth-order valence-corrected chi connectivity index (χ4v) is 1.65. The topological polar surface area (TPSA) is 98.4 Å². The van der Waals surface area contributed by atoms with Crippen LogP contribution >= 0.6 is 0 Å². The number of carboxylic acids is 2. The molecule has 0 amide bonds. The van der Waals surface area contributed by atoms with E-state index < -0.39 is 23.8 Å². The zero-order chi connectivity index (χ0) is 13.1. The molecular formula is C12H11NO4. The predicted molar refractivity (Wildman–Crippen MR) is 58.4 cm³/mol. The van der Waals surface area contributed by atoms with Crippen molar-refractivity contribution in [3.05, 3.63) is 35.4 Å². The SMILES string of the molecule is CC(CC(=O)O)(C(=O)O)c1ccccc1C#N. The molecule has 0 aliphatic rings. The molecule has 0 aliphatic carbocycles. The summed E-state index contributed by atoms with van der Waals surface area (Å²) in [6, 6.07) is 8.00. The van der Waals surface area contributed by atoms with Gasteiger partial charge in [0, 0.05) is 0 Å². The van der Waals surface area contributed by atoms with Crippen LogP contribution in [-0.2, 0) is 15.0 Å². The Bertz CT molecular complexity index is 503. The highest BCUT2D eigenvalue weighted by Crippen LogP contribution is 2.30. The third-order valence-corrected chi connectivity index (χ3v) is 2.62. The molecule has 1 rings (SSSR count). The van der Waals surface area contributed by atoms with Crippen LogP contribution in [0.3, 0.4) is 0 Å². The standard InChI is InChI=1S/C12H11NO4/c1-12(11(16)17,6-10(14)15)9-5-3-2-4-8(9)7-13/h2-5H,6H2,1H3,(H,14,15)(H,16,17). The number of aliphatic carboxylic acids is 2. The summed E-state index contributed by atoms with van der Waals surface area (Å²) in [5.74, 6) is -2.48. The van der Waals surface area contributed by atoms with Gasteiger partial charge in [-0.25, -0.2) is 0 Å². The number of rotatable bonds is 4. The minimum Gasteiger partial charge on any atom is -0.481 e. The van der Waals surface area contributed by atoms with Gasteiger partial charge < -0.3 is 10.2 Å². The minimum atomic E-state index is -1.60. The number of carboxylic acid groups (broad SMARTS) is 2. The van der Waals surface area contributed by atoms with E-state index in [1.165, 1.54) is 19.1 Å². The molecule has 0 spiro atoms. The highest BCUT2D eigenvalue weighted by molar-refractivity contribution is 5.87. The molecule has 1 unspecified atom stereocenters. The largest absolute Gasteiger partial charge is 0.481 e. The molecule has 1 aromatic rings. The van der Waals surface area contributed by atoms with Crippen LogP contribution < -0.4 is 0 Å². The van der Waals surface area contributed by atoms with Gasteiger partial charge in [-0.15, -0.1) is 0 Å². The second kappa shape index (κ2) is 4.66. The summed E-state index contributed by atoms with van der Waals surface area (Å²) in [6.45, 7) is 1.31. The lowest BCUT2D eigenvalue weighted by molar-refractivity contribution is -0.149. The minimum absolute atomic E-state index is 0.179. The van der Waals surface area contributed by atoms with Crippen LogP contribution in [0.15, 0.2) is 24.3 Å². The van der Waals surface area contributed by atoms with Crippen molar-refractivity contribution in [3.63, 3.8) is 0 Å². The maximum atomic E-state index is 11.3. The molecule has 1 atom stereocenters. The zero-order valence-electron chi connectivity index (χ0n) is 9.17. The average Bonchev–Trinajstić information content (AvgIpc) is 2.27. The molecule has 0 saturated carbocycles. The van der Waals surface area contributed by atoms with E-state index in [4.69, 9.17) is 10.4 Å². The number of nitriles is 1. The number of carbonyl (C=O) groups is 2. The van der Waals surface area contributed by atoms with Gasteiger partial charge >= 0.3 is 11.9 Å². The summed E-state index contributed by atoms with van der Waals surface area (Å²) in [4.78, 5) is 22.0. The van der Waals surface area contributed by atoms with Gasteiger partial charge in [-0.2, -0.15) is 5.26 Å². The smallest absolute Gasteiger partial charge is 0.314 e. The van der Waals surface area contributed by atoms with Gasteiger partial charge in [0.05, 0.1) is 18.1 Å². The lowest BCUT2D eigenvalue weighted by Crippen LogP contribution is -2.35. The van der Waals surface area contributed by atoms with Gasteiger partial charge in [-0.1, -0.05) is 18.2 Å². The second-order valence-electron chi connectivity index (χ2n) is 3.87. The van der Waals surface area contributed by atoms with Gasteiger partial charge in [0.15, 0.2) is 0 Å². The Morgan fingerprint density at radius 1 is 1.35 bits per heavy atom. The monoisotopic (exact) mass is 233 g/mol. The lowest BCUT2D eigenvalue weighted by Gasteiger charge is -2.24. The first kappa shape index (κ1) is 12.7. The fourth-order valence-electron chi connectivity index (χ4n) is 1.65. The van der Waals surface area contributed by atoms with Crippen molar-refractivity contribution < 1.29 is 19.8 Å². The van der Waals surface area contributed by atoms with Gasteiger partial charge in [0.2, 0.25) is 0 Å². The molecule has 0 heterocycles. The molecule has 88 valence electrons. The Labute approximate surface area is 97.9 Å². The molecule has 0 bridgehead atoms. The Morgan fingerprint density at radius 3 is 2.41 bits per heavy atom. The van der Waals surface area contributed by atoms with E-state index in [2.05, 4.69) is 0 Å². The summed E-state index contributed by atoms with van der Waals surface area (Å²) in [5, 5.41) is 26.9. The van der Waals surface area contributed by atoms with Gasteiger partial charge in [-0.05, 0) is 18.6 Å². The molecule has 0 radical (unpaired) electrons. The fraction of sp³-hybridized carbons (Fsp3) is 0.250. The molecule has 5 nitrogen and oxygen atoms in total. The van der Waals surface area contributed by atoms with Crippen LogP contribution in [-0.4, -0.2) is 22.2 Å². The van der Waals surface area contributed by atoms with E-state index in [0.29, 0.717) is 0 Å². The quantitative estimate of drug-likeness (QED) is 0.818. The number of hydrogen-bond acceptors (Lipinski definition) is 3. The summed E-state index contributed by atoms with van der Waals surface area (Å²) in [5.41, 5.74) is -1.20. The molecule has 5 heteroatoms. The van der Waals surface area contributed by atoms with E-state index >= 15 is 0 Å². The summed E-state index contributed by atoms with van der Waals surface area (Å²) < 4.78 is 0. The maximum absolute atomic E-state index is 11.3. The van der Waals surface area contributed by atoms with Crippen molar-refractivity contribution in [2.24, 2.45) is 0 Å². The van der Waals surface area contributed by atoms with Crippen molar-refractivity contribution in [1.82, 2.24) is 0 Å². The molecule has 0 fully saturated rings. The Hall–Kier alpha value is -2.35. The van der Waals surface area contributed by atoms with E-state index in [0.717, 1.165) is 0 Å². The van der Waals surface area contributed by atoms with Crippen molar-refractivity contribution in [3.8, 4) is 6.07 Å². The van der Waals surface area contributed by atoms with E-state index in [1.807, 2.05) is 6.07 Å². The number of benzene rings is 1. The van der Waals surface area contributed by atoms with Crippen LogP contribution in [0.25, 0.3) is 0 Å².